The van der Waals surface area contributed by atoms with Gasteiger partial charge in [0, 0.05) is 23.1 Å². The lowest BCUT2D eigenvalue weighted by Crippen LogP contribution is -2.12. The van der Waals surface area contributed by atoms with Crippen LogP contribution >= 0.6 is 11.3 Å². The average molecular weight is 381 g/mol. The maximum Gasteiger partial charge on any atom is 0.270 e. The van der Waals surface area contributed by atoms with Crippen molar-refractivity contribution >= 4 is 34.0 Å². The molecule has 1 amide bonds. The van der Waals surface area contributed by atoms with Crippen molar-refractivity contribution in [3.8, 4) is 6.07 Å². The number of nitro benzene ring substituents is 1. The Morgan fingerprint density at radius 3 is 3.04 bits per heavy atom. The Balaban J connectivity index is 1.75. The van der Waals surface area contributed by atoms with Gasteiger partial charge in [0.25, 0.3) is 5.69 Å². The SMILES string of the molecule is CCC1CCc2c(sc(NC(=O)/C=C\c3cccc([N+](=O)[O-])c3)c2C#N)C1. The van der Waals surface area contributed by atoms with Crippen molar-refractivity contribution in [2.24, 2.45) is 5.92 Å². The van der Waals surface area contributed by atoms with Crippen molar-refractivity contribution < 1.29 is 9.72 Å². The van der Waals surface area contributed by atoms with Crippen molar-refractivity contribution in [3.05, 3.63) is 62.0 Å². The fourth-order valence-corrected chi connectivity index (χ4v) is 4.59. The van der Waals surface area contributed by atoms with E-state index in [1.165, 1.54) is 40.5 Å². The number of amides is 1. The van der Waals surface area contributed by atoms with Crippen LogP contribution < -0.4 is 5.32 Å². The van der Waals surface area contributed by atoms with Crippen LogP contribution in [0.3, 0.4) is 0 Å². The van der Waals surface area contributed by atoms with Crippen LogP contribution in [0.5, 0.6) is 0 Å². The lowest BCUT2D eigenvalue weighted by Gasteiger charge is -2.20. The highest BCUT2D eigenvalue weighted by atomic mass is 32.1. The number of anilines is 1. The Morgan fingerprint density at radius 1 is 1.52 bits per heavy atom. The average Bonchev–Trinajstić information content (AvgIpc) is 3.02. The first-order valence-corrected chi connectivity index (χ1v) is 9.61. The third-order valence-corrected chi connectivity index (χ3v) is 5.97. The molecule has 138 valence electrons. The minimum Gasteiger partial charge on any atom is -0.313 e. The van der Waals surface area contributed by atoms with E-state index in [1.807, 2.05) is 0 Å². The van der Waals surface area contributed by atoms with E-state index in [-0.39, 0.29) is 11.6 Å². The number of nitro groups is 1. The van der Waals surface area contributed by atoms with Crippen molar-refractivity contribution in [1.82, 2.24) is 0 Å². The molecule has 6 nitrogen and oxygen atoms in total. The fourth-order valence-electron chi connectivity index (χ4n) is 3.28. The van der Waals surface area contributed by atoms with Crippen molar-refractivity contribution in [1.29, 1.82) is 5.26 Å². The Kier molecular flexibility index (Phi) is 5.67. The summed E-state index contributed by atoms with van der Waals surface area (Å²) >= 11 is 1.48. The highest BCUT2D eigenvalue weighted by Crippen LogP contribution is 2.40. The second-order valence-electron chi connectivity index (χ2n) is 6.51. The summed E-state index contributed by atoms with van der Waals surface area (Å²) in [6, 6.07) is 8.29. The second kappa shape index (κ2) is 8.14. The predicted octanol–water partition coefficient (Wildman–Crippen LogP) is 4.69. The Morgan fingerprint density at radius 2 is 2.33 bits per heavy atom. The molecule has 0 spiro atoms. The molecule has 1 unspecified atom stereocenters. The number of fused-ring (bicyclic) bond motifs is 1. The number of non-ortho nitro benzene ring substituents is 1. The topological polar surface area (TPSA) is 96.0 Å². The molecule has 1 aliphatic rings. The summed E-state index contributed by atoms with van der Waals surface area (Å²) in [5.41, 5.74) is 2.18. The molecule has 0 fully saturated rings. The van der Waals surface area contributed by atoms with Crippen molar-refractivity contribution in [2.75, 3.05) is 5.32 Å². The monoisotopic (exact) mass is 381 g/mol. The minimum absolute atomic E-state index is 0.0271. The van der Waals surface area contributed by atoms with E-state index >= 15 is 0 Å². The summed E-state index contributed by atoms with van der Waals surface area (Å²) in [6.07, 6.45) is 6.89. The predicted molar refractivity (Wildman–Crippen MR) is 106 cm³/mol. The quantitative estimate of drug-likeness (QED) is 0.461. The van der Waals surface area contributed by atoms with E-state index in [4.69, 9.17) is 0 Å². The van der Waals surface area contributed by atoms with Gasteiger partial charge in [-0.2, -0.15) is 5.26 Å². The van der Waals surface area contributed by atoms with Gasteiger partial charge in [-0.05, 0) is 42.4 Å². The molecule has 1 N–H and O–H groups in total. The number of carbonyl (C=O) groups excluding carboxylic acids is 1. The fraction of sp³-hybridized carbons (Fsp3) is 0.300. The van der Waals surface area contributed by atoms with E-state index in [9.17, 15) is 20.2 Å². The zero-order chi connectivity index (χ0) is 19.4. The van der Waals surface area contributed by atoms with Crippen LogP contribution in [0.4, 0.5) is 10.7 Å². The summed E-state index contributed by atoms with van der Waals surface area (Å²) in [6.45, 7) is 2.18. The highest BCUT2D eigenvalue weighted by Gasteiger charge is 2.25. The van der Waals surface area contributed by atoms with E-state index in [2.05, 4.69) is 18.3 Å². The molecule has 2 aromatic rings. The highest BCUT2D eigenvalue weighted by molar-refractivity contribution is 7.16. The van der Waals surface area contributed by atoms with E-state index < -0.39 is 4.92 Å². The Hall–Kier alpha value is -2.98. The number of thiophene rings is 1. The standard InChI is InChI=1S/C20H19N3O3S/c1-2-13-6-8-16-17(12-21)20(27-18(16)11-13)22-19(24)9-7-14-4-3-5-15(10-14)23(25)26/h3-5,7,9-10,13H,2,6,8,11H2,1H3,(H,22,24)/b9-7-. The molecule has 0 radical (unpaired) electrons. The molecule has 3 rings (SSSR count). The Labute approximate surface area is 161 Å². The molecule has 1 heterocycles. The van der Waals surface area contributed by atoms with Crippen LogP contribution in [0.2, 0.25) is 0 Å². The zero-order valence-corrected chi connectivity index (χ0v) is 15.7. The second-order valence-corrected chi connectivity index (χ2v) is 7.62. The summed E-state index contributed by atoms with van der Waals surface area (Å²) < 4.78 is 0. The number of nitrogens with one attached hydrogen (secondary N) is 1. The number of nitriles is 1. The summed E-state index contributed by atoms with van der Waals surface area (Å²) in [4.78, 5) is 23.8. The number of nitrogens with zero attached hydrogens (tertiary/aromatic N) is 2. The van der Waals surface area contributed by atoms with Crippen LogP contribution in [0.1, 0.15) is 41.3 Å². The smallest absolute Gasteiger partial charge is 0.270 e. The molecule has 1 aromatic heterocycles. The lowest BCUT2D eigenvalue weighted by atomic mass is 9.86. The maximum absolute atomic E-state index is 12.3. The van der Waals surface area contributed by atoms with Crippen LogP contribution in [-0.4, -0.2) is 10.8 Å². The van der Waals surface area contributed by atoms with Gasteiger partial charge in [-0.15, -0.1) is 11.3 Å². The third-order valence-electron chi connectivity index (χ3n) is 4.80. The molecule has 1 aromatic carbocycles. The van der Waals surface area contributed by atoms with Crippen LogP contribution in [-0.2, 0) is 17.6 Å². The van der Waals surface area contributed by atoms with E-state index in [0.717, 1.165) is 31.2 Å². The molecule has 0 aliphatic heterocycles. The summed E-state index contributed by atoms with van der Waals surface area (Å²) in [7, 11) is 0. The van der Waals surface area contributed by atoms with Gasteiger partial charge >= 0.3 is 0 Å². The molecule has 0 bridgehead atoms. The first kappa shape index (κ1) is 18.8. The van der Waals surface area contributed by atoms with Gasteiger partial charge in [0.2, 0.25) is 5.91 Å². The molecule has 0 saturated heterocycles. The van der Waals surface area contributed by atoms with Crippen molar-refractivity contribution in [3.63, 3.8) is 0 Å². The molecule has 0 saturated carbocycles. The largest absolute Gasteiger partial charge is 0.313 e. The van der Waals surface area contributed by atoms with Crippen molar-refractivity contribution in [2.45, 2.75) is 32.6 Å². The van der Waals surface area contributed by atoms with Gasteiger partial charge in [0.15, 0.2) is 0 Å². The third kappa shape index (κ3) is 4.23. The van der Waals surface area contributed by atoms with E-state index in [1.54, 1.807) is 12.1 Å². The molecule has 1 aliphatic carbocycles. The van der Waals surface area contributed by atoms with Gasteiger partial charge in [-0.3, -0.25) is 14.9 Å². The van der Waals surface area contributed by atoms with Gasteiger partial charge < -0.3 is 5.32 Å². The van der Waals surface area contributed by atoms with Crippen LogP contribution in [0, 0.1) is 27.4 Å². The number of rotatable bonds is 5. The number of carbonyl (C=O) groups is 1. The molecular weight excluding hydrogens is 362 g/mol. The summed E-state index contributed by atoms with van der Waals surface area (Å²) in [5, 5.41) is 23.7. The molecule has 27 heavy (non-hydrogen) atoms. The molecule has 7 heteroatoms. The molecular formula is C20H19N3O3S. The number of hydrogen-bond acceptors (Lipinski definition) is 5. The van der Waals surface area contributed by atoms with Gasteiger partial charge in [-0.25, -0.2) is 0 Å². The summed E-state index contributed by atoms with van der Waals surface area (Å²) in [5.74, 6) is 0.281. The number of benzene rings is 1. The normalized spacial score (nSPS) is 15.9. The maximum atomic E-state index is 12.3. The lowest BCUT2D eigenvalue weighted by molar-refractivity contribution is -0.384. The van der Waals surface area contributed by atoms with Gasteiger partial charge in [0.05, 0.1) is 10.5 Å². The minimum atomic E-state index is -0.476. The van der Waals surface area contributed by atoms with Gasteiger partial charge in [-0.1, -0.05) is 25.5 Å². The first-order chi connectivity index (χ1) is 13.0. The Bertz CT molecular complexity index is 956. The van der Waals surface area contributed by atoms with Gasteiger partial charge in [0.1, 0.15) is 11.1 Å². The molecule has 1 atom stereocenters. The van der Waals surface area contributed by atoms with Crippen LogP contribution in [0.25, 0.3) is 6.08 Å². The van der Waals surface area contributed by atoms with E-state index in [0.29, 0.717) is 22.0 Å². The first-order valence-electron chi connectivity index (χ1n) is 8.80. The van der Waals surface area contributed by atoms with Crippen LogP contribution in [0.15, 0.2) is 30.3 Å². The number of hydrogen-bond donors (Lipinski definition) is 1. The zero-order valence-electron chi connectivity index (χ0n) is 14.9.